The minimum absolute atomic E-state index is 0.0128. The quantitative estimate of drug-likeness (QED) is 0.643. The molecule has 0 aromatic carbocycles. The predicted octanol–water partition coefficient (Wildman–Crippen LogP) is 1.33. The van der Waals surface area contributed by atoms with Crippen molar-refractivity contribution in [1.29, 1.82) is 0 Å². The van der Waals surface area contributed by atoms with Crippen molar-refractivity contribution in [2.45, 2.75) is 33.1 Å². The lowest BCUT2D eigenvalue weighted by atomic mass is 10.1. The number of carboxylic acid groups (broad SMARTS) is 1. The Morgan fingerprint density at radius 1 is 1.39 bits per heavy atom. The van der Waals surface area contributed by atoms with Crippen molar-refractivity contribution in [3.8, 4) is 0 Å². The van der Waals surface area contributed by atoms with Crippen LogP contribution in [0.2, 0.25) is 0 Å². The van der Waals surface area contributed by atoms with Crippen LogP contribution in [0, 0.1) is 11.3 Å². The van der Waals surface area contributed by atoms with Gasteiger partial charge in [0.2, 0.25) is 0 Å². The molecule has 1 N–H and O–H groups in total. The summed E-state index contributed by atoms with van der Waals surface area (Å²) in [6.45, 7) is 4.75. The summed E-state index contributed by atoms with van der Waals surface area (Å²) in [6, 6.07) is 0. The third-order valence-corrected chi connectivity index (χ3v) is 4.84. The van der Waals surface area contributed by atoms with Crippen molar-refractivity contribution in [2.75, 3.05) is 24.7 Å². The molecule has 1 aliphatic rings. The first-order valence-corrected chi connectivity index (χ1v) is 8.07. The van der Waals surface area contributed by atoms with E-state index in [0.717, 1.165) is 0 Å². The molecule has 0 unspecified atom stereocenters. The van der Waals surface area contributed by atoms with Gasteiger partial charge in [-0.3, -0.25) is 4.79 Å². The molecule has 0 spiro atoms. The summed E-state index contributed by atoms with van der Waals surface area (Å²) in [5, 5.41) is 8.74. The highest BCUT2D eigenvalue weighted by atomic mass is 32.2. The first-order valence-electron chi connectivity index (χ1n) is 6.25. The first-order chi connectivity index (χ1) is 8.25. The van der Waals surface area contributed by atoms with E-state index in [1.807, 2.05) is 13.8 Å². The van der Waals surface area contributed by atoms with Gasteiger partial charge in [0.15, 0.2) is 9.84 Å². The van der Waals surface area contributed by atoms with Crippen molar-refractivity contribution in [3.63, 3.8) is 0 Å². The van der Waals surface area contributed by atoms with Gasteiger partial charge in [0.1, 0.15) is 0 Å². The number of carbonyl (C=O) groups is 1. The van der Waals surface area contributed by atoms with Crippen molar-refractivity contribution in [2.24, 2.45) is 11.3 Å². The fourth-order valence-electron chi connectivity index (χ4n) is 1.91. The molecule has 0 radical (unpaired) electrons. The molecule has 1 aliphatic carbocycles. The van der Waals surface area contributed by atoms with Crippen LogP contribution in [0.1, 0.15) is 33.1 Å². The molecule has 1 rings (SSSR count). The molecule has 1 fully saturated rings. The molecule has 0 heterocycles. The van der Waals surface area contributed by atoms with E-state index >= 15 is 0 Å². The largest absolute Gasteiger partial charge is 0.481 e. The molecule has 0 saturated heterocycles. The average Bonchev–Trinajstić information content (AvgIpc) is 2.90. The monoisotopic (exact) mass is 278 g/mol. The molecule has 6 heteroatoms. The molecule has 0 atom stereocenters. The maximum atomic E-state index is 11.8. The highest BCUT2D eigenvalue weighted by Crippen LogP contribution is 2.49. The van der Waals surface area contributed by atoms with Crippen molar-refractivity contribution < 1.29 is 23.1 Å². The number of hydrogen-bond acceptors (Lipinski definition) is 4. The Morgan fingerprint density at radius 2 is 2.00 bits per heavy atom. The summed E-state index contributed by atoms with van der Waals surface area (Å²) >= 11 is 0. The number of hydrogen-bond donors (Lipinski definition) is 1. The number of sulfone groups is 1. The summed E-state index contributed by atoms with van der Waals surface area (Å²) in [5.41, 5.74) is -0.497. The van der Waals surface area contributed by atoms with Crippen LogP contribution in [0.4, 0.5) is 0 Å². The van der Waals surface area contributed by atoms with Crippen LogP contribution in [-0.2, 0) is 19.4 Å². The highest BCUT2D eigenvalue weighted by molar-refractivity contribution is 7.91. The molecular formula is C12H22O5S. The van der Waals surface area contributed by atoms with Crippen LogP contribution >= 0.6 is 0 Å². The van der Waals surface area contributed by atoms with E-state index < -0.39 is 21.2 Å². The molecule has 5 nitrogen and oxygen atoms in total. The van der Waals surface area contributed by atoms with Crippen LogP contribution in [-0.4, -0.2) is 44.2 Å². The van der Waals surface area contributed by atoms with Gasteiger partial charge in [0.05, 0.1) is 24.5 Å². The number of carboxylic acids is 1. The van der Waals surface area contributed by atoms with Crippen LogP contribution in [0.3, 0.4) is 0 Å². The van der Waals surface area contributed by atoms with E-state index in [0.29, 0.717) is 25.4 Å². The maximum Gasteiger partial charge on any atom is 0.303 e. The van der Waals surface area contributed by atoms with Gasteiger partial charge in [0, 0.05) is 6.61 Å². The number of ether oxygens (including phenoxy) is 1. The SMILES string of the molecule is CC(C)COCCS(=O)(=O)CC1(CC(=O)O)CC1. The minimum atomic E-state index is -3.21. The first kappa shape index (κ1) is 15.4. The molecule has 0 bridgehead atoms. The Bertz CT molecular complexity index is 381. The molecular weight excluding hydrogens is 256 g/mol. The molecule has 0 aliphatic heterocycles. The zero-order chi connectivity index (χ0) is 13.8. The molecule has 18 heavy (non-hydrogen) atoms. The van der Waals surface area contributed by atoms with Crippen LogP contribution < -0.4 is 0 Å². The third kappa shape index (κ3) is 5.82. The summed E-state index contributed by atoms with van der Waals surface area (Å²) in [4.78, 5) is 10.7. The Kier molecular flexibility index (Phi) is 5.16. The van der Waals surface area contributed by atoms with Gasteiger partial charge >= 0.3 is 5.97 Å². The summed E-state index contributed by atoms with van der Waals surface area (Å²) < 4.78 is 28.9. The highest BCUT2D eigenvalue weighted by Gasteiger charge is 2.47. The minimum Gasteiger partial charge on any atom is -0.481 e. The maximum absolute atomic E-state index is 11.8. The van der Waals surface area contributed by atoms with E-state index in [1.54, 1.807) is 0 Å². The molecule has 0 amide bonds. The van der Waals surface area contributed by atoms with Crippen LogP contribution in [0.25, 0.3) is 0 Å². The summed E-state index contributed by atoms with van der Waals surface area (Å²) in [7, 11) is -3.21. The summed E-state index contributed by atoms with van der Waals surface area (Å²) in [5.74, 6) is -0.563. The van der Waals surface area contributed by atoms with Crippen LogP contribution in [0.15, 0.2) is 0 Å². The smallest absolute Gasteiger partial charge is 0.303 e. The number of aliphatic carboxylic acids is 1. The van der Waals surface area contributed by atoms with E-state index in [-0.39, 0.29) is 24.5 Å². The lowest BCUT2D eigenvalue weighted by molar-refractivity contribution is -0.138. The average molecular weight is 278 g/mol. The van der Waals surface area contributed by atoms with E-state index in [4.69, 9.17) is 9.84 Å². The second kappa shape index (κ2) is 6.02. The Labute approximate surface area is 108 Å². The Morgan fingerprint density at radius 3 is 2.44 bits per heavy atom. The van der Waals surface area contributed by atoms with Crippen molar-refractivity contribution in [3.05, 3.63) is 0 Å². The van der Waals surface area contributed by atoms with E-state index in [1.165, 1.54) is 0 Å². The standard InChI is InChI=1S/C12H22O5S/c1-10(2)8-17-5-6-18(15,16)9-12(3-4-12)7-11(13)14/h10H,3-9H2,1-2H3,(H,13,14). The van der Waals surface area contributed by atoms with Gasteiger partial charge < -0.3 is 9.84 Å². The van der Waals surface area contributed by atoms with Gasteiger partial charge in [-0.15, -0.1) is 0 Å². The van der Waals surface area contributed by atoms with E-state index in [9.17, 15) is 13.2 Å². The van der Waals surface area contributed by atoms with Gasteiger partial charge in [-0.25, -0.2) is 8.42 Å². The Hall–Kier alpha value is -0.620. The van der Waals surface area contributed by atoms with Gasteiger partial charge in [-0.05, 0) is 24.2 Å². The normalized spacial score (nSPS) is 17.9. The third-order valence-electron chi connectivity index (χ3n) is 3.00. The zero-order valence-corrected chi connectivity index (χ0v) is 11.8. The predicted molar refractivity (Wildman–Crippen MR) is 68.2 cm³/mol. The number of rotatable bonds is 9. The summed E-state index contributed by atoms with van der Waals surface area (Å²) in [6.07, 6.45) is 1.36. The van der Waals surface area contributed by atoms with Gasteiger partial charge in [-0.1, -0.05) is 13.8 Å². The fourth-order valence-corrected chi connectivity index (χ4v) is 3.75. The molecule has 106 valence electrons. The molecule has 0 aromatic rings. The fraction of sp³-hybridized carbons (Fsp3) is 0.917. The van der Waals surface area contributed by atoms with Gasteiger partial charge in [0.25, 0.3) is 0 Å². The van der Waals surface area contributed by atoms with Gasteiger partial charge in [-0.2, -0.15) is 0 Å². The second-order valence-corrected chi connectivity index (χ2v) is 7.82. The molecule has 1 saturated carbocycles. The van der Waals surface area contributed by atoms with Crippen molar-refractivity contribution in [1.82, 2.24) is 0 Å². The zero-order valence-electron chi connectivity index (χ0n) is 11.0. The van der Waals surface area contributed by atoms with Crippen LogP contribution in [0.5, 0.6) is 0 Å². The van der Waals surface area contributed by atoms with E-state index in [2.05, 4.69) is 0 Å². The topological polar surface area (TPSA) is 80.7 Å². The second-order valence-electron chi connectivity index (χ2n) is 5.63. The van der Waals surface area contributed by atoms with Crippen molar-refractivity contribution >= 4 is 15.8 Å². The molecule has 0 aromatic heterocycles. The lowest BCUT2D eigenvalue weighted by Crippen LogP contribution is -2.24. The Balaban J connectivity index is 2.34. The lowest BCUT2D eigenvalue weighted by Gasteiger charge is -2.13.